The van der Waals surface area contributed by atoms with E-state index in [4.69, 9.17) is 16.4 Å². The van der Waals surface area contributed by atoms with Gasteiger partial charge in [0.15, 0.2) is 5.75 Å². The number of aliphatic carboxylic acids is 1. The van der Waals surface area contributed by atoms with Crippen LogP contribution in [0.5, 0.6) is 11.7 Å². The third-order valence-corrected chi connectivity index (χ3v) is 6.05. The van der Waals surface area contributed by atoms with Gasteiger partial charge in [-0.3, -0.25) is 14.5 Å². The van der Waals surface area contributed by atoms with Gasteiger partial charge < -0.3 is 24.9 Å². The van der Waals surface area contributed by atoms with Gasteiger partial charge in [0.1, 0.15) is 23.1 Å². The maximum Gasteiger partial charge on any atom is 0.353 e. The molecular weight excluding hydrogens is 466 g/mol. The fourth-order valence-electron chi connectivity index (χ4n) is 3.09. The second kappa shape index (κ2) is 8.88. The number of nitrogens with one attached hydrogen (secondary N) is 1. The number of halogens is 1. The number of thioether (sulfide) groups is 1. The Balaban J connectivity index is 1.43. The highest BCUT2D eigenvalue weighted by Gasteiger charge is 2.54. The number of benzene rings is 1. The van der Waals surface area contributed by atoms with E-state index in [1.54, 1.807) is 24.3 Å². The molecule has 0 spiro atoms. The lowest BCUT2D eigenvalue weighted by atomic mass is 10.0. The summed E-state index contributed by atoms with van der Waals surface area (Å²) < 4.78 is 5.32. The minimum atomic E-state index is -1.30. The highest BCUT2D eigenvalue weighted by molar-refractivity contribution is 8.00. The zero-order chi connectivity index (χ0) is 22.8. The van der Waals surface area contributed by atoms with Crippen LogP contribution in [0, 0.1) is 0 Å². The number of fused-ring (bicyclic) bond motifs is 1. The summed E-state index contributed by atoms with van der Waals surface area (Å²) in [5, 5.41) is 30.2. The van der Waals surface area contributed by atoms with Crippen molar-refractivity contribution in [3.8, 4) is 11.7 Å². The summed E-state index contributed by atoms with van der Waals surface area (Å²) in [4.78, 5) is 42.9. The van der Waals surface area contributed by atoms with Gasteiger partial charge in [-0.05, 0) is 24.3 Å². The second-order valence-electron chi connectivity index (χ2n) is 6.63. The van der Waals surface area contributed by atoms with Crippen LogP contribution in [0.2, 0.25) is 5.02 Å². The Hall–Kier alpha value is -3.58. The lowest BCUT2D eigenvalue weighted by Gasteiger charge is -2.48. The van der Waals surface area contributed by atoms with Crippen LogP contribution < -0.4 is 19.9 Å². The van der Waals surface area contributed by atoms with Gasteiger partial charge in [0, 0.05) is 16.3 Å². The molecule has 166 valence electrons. The van der Waals surface area contributed by atoms with E-state index in [1.807, 2.05) is 0 Å². The van der Waals surface area contributed by atoms with Gasteiger partial charge >= 0.3 is 5.97 Å². The van der Waals surface area contributed by atoms with Crippen LogP contribution in [0.15, 0.2) is 51.4 Å². The molecule has 2 amide bonds. The molecule has 2 aliphatic rings. The van der Waals surface area contributed by atoms with Crippen LogP contribution in [-0.2, 0) is 20.9 Å². The molecule has 2 atom stereocenters. The van der Waals surface area contributed by atoms with Crippen molar-refractivity contribution in [3.05, 3.63) is 46.8 Å². The van der Waals surface area contributed by atoms with E-state index in [-0.39, 0.29) is 23.6 Å². The number of carboxylic acid groups (broad SMARTS) is 1. The largest absolute Gasteiger partial charge is 0.539 e. The molecule has 2 aliphatic heterocycles. The third kappa shape index (κ3) is 4.38. The summed E-state index contributed by atoms with van der Waals surface area (Å²) in [5.74, 6) is -2.53. The average molecular weight is 480 g/mol. The molecule has 14 heteroatoms. The van der Waals surface area contributed by atoms with Crippen molar-refractivity contribution >= 4 is 47.4 Å². The lowest BCUT2D eigenvalue weighted by molar-refractivity contribution is -0.751. The fraction of sp³-hybridized carbons (Fsp3) is 0.222. The molecule has 32 heavy (non-hydrogen) atoms. The monoisotopic (exact) mass is 479 g/mol. The number of carbonyl (C=O) groups excluding carboxylic acids is 2. The van der Waals surface area contributed by atoms with Crippen LogP contribution in [0.4, 0.5) is 0 Å². The number of hydrogen-bond donors (Lipinski definition) is 2. The molecule has 0 bridgehead atoms. The number of carbonyl (C=O) groups is 3. The lowest BCUT2D eigenvalue weighted by Crippen LogP contribution is -2.71. The Morgan fingerprint density at radius 1 is 1.47 bits per heavy atom. The summed E-state index contributed by atoms with van der Waals surface area (Å²) in [5.41, 5.74) is 0.0570. The smallest absolute Gasteiger partial charge is 0.353 e. The first-order chi connectivity index (χ1) is 15.3. The first kappa shape index (κ1) is 21.6. The van der Waals surface area contributed by atoms with Crippen LogP contribution in [-0.4, -0.2) is 56.4 Å². The predicted molar refractivity (Wildman–Crippen MR) is 106 cm³/mol. The van der Waals surface area contributed by atoms with Crippen LogP contribution in [0.25, 0.3) is 0 Å². The molecular formula is C18H14ClN5O7S. The third-order valence-electron chi connectivity index (χ3n) is 4.49. The molecule has 0 aliphatic carbocycles. The molecule has 1 aromatic carbocycles. The van der Waals surface area contributed by atoms with Crippen LogP contribution in [0.3, 0.4) is 0 Å². The topological polar surface area (TPSA) is 161 Å². The summed E-state index contributed by atoms with van der Waals surface area (Å²) >= 11 is 7.07. The minimum absolute atomic E-state index is 0.227. The van der Waals surface area contributed by atoms with Crippen molar-refractivity contribution < 1.29 is 38.6 Å². The van der Waals surface area contributed by atoms with E-state index in [2.05, 4.69) is 20.3 Å². The van der Waals surface area contributed by atoms with Gasteiger partial charge in [0.05, 0.1) is 11.5 Å². The van der Waals surface area contributed by atoms with E-state index in [9.17, 15) is 24.6 Å². The van der Waals surface area contributed by atoms with Gasteiger partial charge in [0.2, 0.25) is 6.20 Å². The van der Waals surface area contributed by atoms with Crippen molar-refractivity contribution in [2.45, 2.75) is 18.0 Å². The quantitative estimate of drug-likeness (QED) is 0.230. The zero-order valence-electron chi connectivity index (χ0n) is 16.0. The Morgan fingerprint density at radius 2 is 2.22 bits per heavy atom. The first-order valence-electron chi connectivity index (χ1n) is 9.03. The number of β-lactam (4-membered cyclic amide) rings is 1. The molecule has 1 saturated heterocycles. The number of carboxylic acids is 1. The van der Waals surface area contributed by atoms with Crippen LogP contribution >= 0.6 is 23.4 Å². The molecule has 2 aromatic rings. The highest BCUT2D eigenvalue weighted by Crippen LogP contribution is 2.39. The van der Waals surface area contributed by atoms with Gasteiger partial charge in [-0.1, -0.05) is 21.4 Å². The highest BCUT2D eigenvalue weighted by atomic mass is 35.5. The number of nitrogens with zero attached hydrogens (tertiary/aromatic N) is 4. The van der Waals surface area contributed by atoms with Crippen molar-refractivity contribution in [1.82, 2.24) is 15.5 Å². The van der Waals surface area contributed by atoms with Gasteiger partial charge in [0.25, 0.3) is 18.4 Å². The van der Waals surface area contributed by atoms with Crippen molar-refractivity contribution in [3.63, 3.8) is 0 Å². The summed E-state index contributed by atoms with van der Waals surface area (Å²) in [6, 6.07) is 5.51. The maximum absolute atomic E-state index is 12.6. The fourth-order valence-corrected chi connectivity index (χ4v) is 4.51. The maximum atomic E-state index is 12.6. The number of oxime groups is 1. The summed E-state index contributed by atoms with van der Waals surface area (Å²) in [6.45, 7) is -0.325. The Kier molecular flexibility index (Phi) is 6.01. The average Bonchev–Trinajstić information content (AvgIpc) is 3.17. The number of rotatable bonds is 7. The molecule has 2 N–H and O–H groups in total. The second-order valence-corrected chi connectivity index (χ2v) is 8.17. The van der Waals surface area contributed by atoms with Crippen molar-refractivity contribution in [1.29, 1.82) is 0 Å². The van der Waals surface area contributed by atoms with Crippen molar-refractivity contribution in [2.24, 2.45) is 5.16 Å². The van der Waals surface area contributed by atoms with Gasteiger partial charge in [-0.25, -0.2) is 4.79 Å². The summed E-state index contributed by atoms with van der Waals surface area (Å²) in [6.07, 6.45) is 2.23. The number of amides is 2. The molecule has 12 nitrogen and oxygen atoms in total. The van der Waals surface area contributed by atoms with E-state index >= 15 is 0 Å². The van der Waals surface area contributed by atoms with Gasteiger partial charge in [-0.15, -0.1) is 11.8 Å². The first-order valence-corrected chi connectivity index (χ1v) is 10.5. The Bertz CT molecular complexity index is 1130. The Labute approximate surface area is 189 Å². The van der Waals surface area contributed by atoms with E-state index in [0.29, 0.717) is 10.8 Å². The minimum Gasteiger partial charge on any atom is -0.539 e. The number of hydrogen-bond acceptors (Lipinski definition) is 9. The van der Waals surface area contributed by atoms with Gasteiger partial charge in [-0.2, -0.15) is 0 Å². The molecule has 3 heterocycles. The summed E-state index contributed by atoms with van der Waals surface area (Å²) in [7, 11) is 0. The molecule has 1 fully saturated rings. The predicted octanol–water partition coefficient (Wildman–Crippen LogP) is -0.507. The van der Waals surface area contributed by atoms with Crippen LogP contribution in [0.1, 0.15) is 0 Å². The number of aromatic nitrogens is 2. The molecule has 4 rings (SSSR count). The standard InChI is InChI=1S/C18H14ClN5O7S/c19-10-1-3-11(4-2-10)30-20-5-9-8-32-17-14(16(27)24(17)15(9)18(28)29)21-12(25)6-23-7-13(26)31-22-23/h1-5,7,14,17H,6,8H2,(H2-,21,22,25,26,28,29)/t14-,17+/m1/s1. The van der Waals surface area contributed by atoms with E-state index in [0.717, 1.165) is 15.8 Å². The Morgan fingerprint density at radius 3 is 2.88 bits per heavy atom. The molecule has 0 unspecified atom stereocenters. The molecule has 0 radical (unpaired) electrons. The SMILES string of the molecule is O=C(C[n+]1cc([O-])on1)N[C@@H]1C(=O)N2C(C(=O)O)=C(C=NOc3ccc(Cl)cc3)CS[C@@H]12. The molecule has 0 saturated carbocycles. The zero-order valence-corrected chi connectivity index (χ0v) is 17.6. The van der Waals surface area contributed by atoms with E-state index in [1.165, 1.54) is 18.0 Å². The van der Waals surface area contributed by atoms with Crippen molar-refractivity contribution in [2.75, 3.05) is 5.75 Å². The normalized spacial score (nSPS) is 20.2. The molecule has 1 aromatic heterocycles. The van der Waals surface area contributed by atoms with E-state index < -0.39 is 35.1 Å².